The summed E-state index contributed by atoms with van der Waals surface area (Å²) in [6, 6.07) is 0. The summed E-state index contributed by atoms with van der Waals surface area (Å²) < 4.78 is 0. The largest absolute Gasteiger partial charge is 0.0976 e. The molecule has 0 aliphatic carbocycles. The molecule has 0 bridgehead atoms. The van der Waals surface area contributed by atoms with Crippen molar-refractivity contribution < 1.29 is 0 Å². The van der Waals surface area contributed by atoms with Crippen molar-refractivity contribution in [1.82, 2.24) is 0 Å². The summed E-state index contributed by atoms with van der Waals surface area (Å²) >= 11 is 0. The fraction of sp³-hybridized carbons (Fsp3) is 1.00. The average Bonchev–Trinajstić information content (AvgIpc) is 1.41. The Kier molecular flexibility index (Phi) is 3.19. The van der Waals surface area contributed by atoms with Gasteiger partial charge in [0.2, 0.25) is 0 Å². The Bertz CT molecular complexity index is 53.9. The van der Waals surface area contributed by atoms with Gasteiger partial charge in [0.1, 0.15) is 0 Å². The third-order valence-electron chi connectivity index (χ3n) is 0.134. The lowest BCUT2D eigenvalue weighted by molar-refractivity contribution is 1.32. The second kappa shape index (κ2) is 3.53. The molecule has 3 nitrogen and oxygen atoms in total. The molecule has 0 rings (SSSR count). The summed E-state index contributed by atoms with van der Waals surface area (Å²) in [6.07, 6.45) is 0.358. The van der Waals surface area contributed by atoms with Gasteiger partial charge in [-0.1, -0.05) is 5.11 Å². The summed E-state index contributed by atoms with van der Waals surface area (Å²) in [4.78, 5) is 2.43. The van der Waals surface area contributed by atoms with E-state index in [9.17, 15) is 0 Å². The standard InChI is InChI=1S/CH2N3Si/c2-4-3-1-5/h1H2. The van der Waals surface area contributed by atoms with Crippen molar-refractivity contribution in [3.63, 3.8) is 0 Å². The Hall–Kier alpha value is -0.473. The van der Waals surface area contributed by atoms with Gasteiger partial charge in [0, 0.05) is 21.3 Å². The zero-order chi connectivity index (χ0) is 4.12. The van der Waals surface area contributed by atoms with Crippen LogP contribution in [0.2, 0.25) is 0 Å². The molecule has 0 saturated carbocycles. The SMILES string of the molecule is [N-]=[N+]=NC[Si]. The molecule has 0 saturated heterocycles. The first-order chi connectivity index (χ1) is 2.41. The van der Waals surface area contributed by atoms with Crippen molar-refractivity contribution in [2.75, 3.05) is 6.17 Å². The molecular weight excluding hydrogens is 82.1 g/mol. The maximum atomic E-state index is 7.49. The van der Waals surface area contributed by atoms with E-state index in [0.29, 0.717) is 6.17 Å². The van der Waals surface area contributed by atoms with E-state index in [1.807, 2.05) is 0 Å². The van der Waals surface area contributed by atoms with Gasteiger partial charge in [-0.25, -0.2) is 0 Å². The third-order valence-corrected chi connectivity index (χ3v) is 0.275. The normalized spacial score (nSPS) is 5.80. The third kappa shape index (κ3) is 3.53. The van der Waals surface area contributed by atoms with Gasteiger partial charge in [0.15, 0.2) is 0 Å². The second-order valence-corrected chi connectivity index (χ2v) is 0.705. The summed E-state index contributed by atoms with van der Waals surface area (Å²) in [6.45, 7) is 0. The van der Waals surface area contributed by atoms with E-state index >= 15 is 0 Å². The summed E-state index contributed by atoms with van der Waals surface area (Å²) in [5.74, 6) is 0. The van der Waals surface area contributed by atoms with Crippen LogP contribution in [0.15, 0.2) is 5.11 Å². The molecule has 0 aromatic heterocycles. The number of nitrogens with zero attached hydrogens (tertiary/aromatic N) is 3. The van der Waals surface area contributed by atoms with E-state index < -0.39 is 0 Å². The highest BCUT2D eigenvalue weighted by molar-refractivity contribution is 6.08. The molecule has 0 aliphatic heterocycles. The van der Waals surface area contributed by atoms with E-state index in [2.05, 4.69) is 20.3 Å². The molecular formula is CH2N3Si. The molecule has 0 atom stereocenters. The second-order valence-electron chi connectivity index (χ2n) is 0.389. The van der Waals surface area contributed by atoms with Gasteiger partial charge in [-0.15, -0.1) is 0 Å². The van der Waals surface area contributed by atoms with Crippen LogP contribution in [0.4, 0.5) is 0 Å². The van der Waals surface area contributed by atoms with Gasteiger partial charge in [-0.2, -0.15) is 0 Å². The molecule has 0 aromatic rings. The average molecular weight is 84.1 g/mol. The van der Waals surface area contributed by atoms with Crippen LogP contribution in [0, 0.1) is 0 Å². The van der Waals surface area contributed by atoms with Gasteiger partial charge in [-0.3, -0.25) is 0 Å². The molecule has 0 N–H and O–H groups in total. The van der Waals surface area contributed by atoms with Crippen molar-refractivity contribution >= 4 is 10.2 Å². The predicted octanol–water partition coefficient (Wildman–Crippen LogP) is 0.423. The van der Waals surface area contributed by atoms with Crippen LogP contribution in [-0.4, -0.2) is 16.4 Å². The van der Waals surface area contributed by atoms with Crippen LogP contribution in [0.25, 0.3) is 10.4 Å². The van der Waals surface area contributed by atoms with Crippen LogP contribution < -0.4 is 0 Å². The molecule has 0 fully saturated rings. The molecule has 5 heavy (non-hydrogen) atoms. The smallest absolute Gasteiger partial charge is 0.0300 e. The van der Waals surface area contributed by atoms with Crippen LogP contribution in [0.3, 0.4) is 0 Å². The first kappa shape index (κ1) is 4.53. The van der Waals surface area contributed by atoms with Gasteiger partial charge in [0.05, 0.1) is 0 Å². The topological polar surface area (TPSA) is 48.8 Å². The number of rotatable bonds is 1. The van der Waals surface area contributed by atoms with Crippen LogP contribution in [0.5, 0.6) is 0 Å². The first-order valence-corrected chi connectivity index (χ1v) is 1.78. The van der Waals surface area contributed by atoms with Crippen molar-refractivity contribution in [3.05, 3.63) is 10.4 Å². The minimum Gasteiger partial charge on any atom is -0.0976 e. The number of azide groups is 1. The summed E-state index contributed by atoms with van der Waals surface area (Å²) in [5.41, 5.74) is 7.49. The Morgan fingerprint density at radius 1 is 2.00 bits per heavy atom. The zero-order valence-electron chi connectivity index (χ0n) is 2.55. The van der Waals surface area contributed by atoms with E-state index in [-0.39, 0.29) is 0 Å². The van der Waals surface area contributed by atoms with Gasteiger partial charge >= 0.3 is 0 Å². The highest BCUT2D eigenvalue weighted by Crippen LogP contribution is 1.56. The van der Waals surface area contributed by atoms with E-state index in [0.717, 1.165) is 0 Å². The molecule has 0 aliphatic rings. The number of hydrogen-bond donors (Lipinski definition) is 0. The maximum absolute atomic E-state index is 7.49. The molecule has 25 valence electrons. The number of hydrogen-bond acceptors (Lipinski definition) is 1. The predicted molar refractivity (Wildman–Crippen MR) is 19.8 cm³/mol. The van der Waals surface area contributed by atoms with Gasteiger partial charge in [0.25, 0.3) is 0 Å². The molecule has 0 unspecified atom stereocenters. The molecule has 0 amide bonds. The molecule has 0 heterocycles. The minimum atomic E-state index is 0.358. The Morgan fingerprint density at radius 3 is 2.60 bits per heavy atom. The molecule has 0 spiro atoms. The van der Waals surface area contributed by atoms with Crippen molar-refractivity contribution in [2.24, 2.45) is 5.11 Å². The Morgan fingerprint density at radius 2 is 2.60 bits per heavy atom. The quantitative estimate of drug-likeness (QED) is 0.191. The fourth-order valence-corrected chi connectivity index (χ4v) is 0.0949. The Balaban J connectivity index is 2.93. The van der Waals surface area contributed by atoms with Gasteiger partial charge < -0.3 is 0 Å². The van der Waals surface area contributed by atoms with E-state index in [1.165, 1.54) is 0 Å². The Labute approximate surface area is 33.0 Å². The van der Waals surface area contributed by atoms with E-state index in [4.69, 9.17) is 5.53 Å². The fourth-order valence-electron chi connectivity index (χ4n) is 0.0316. The van der Waals surface area contributed by atoms with Crippen molar-refractivity contribution in [3.8, 4) is 0 Å². The van der Waals surface area contributed by atoms with Crippen LogP contribution in [0.1, 0.15) is 0 Å². The lowest BCUT2D eigenvalue weighted by Crippen LogP contribution is -1.65. The maximum Gasteiger partial charge on any atom is 0.0300 e. The monoisotopic (exact) mass is 84.0 g/mol. The van der Waals surface area contributed by atoms with E-state index in [1.54, 1.807) is 0 Å². The first-order valence-electron chi connectivity index (χ1n) is 1.07. The van der Waals surface area contributed by atoms with Crippen molar-refractivity contribution in [2.45, 2.75) is 0 Å². The summed E-state index contributed by atoms with van der Waals surface area (Å²) in [7, 11) is 2.93. The highest BCUT2D eigenvalue weighted by atomic mass is 28.1. The minimum absolute atomic E-state index is 0.358. The van der Waals surface area contributed by atoms with Crippen LogP contribution in [-0.2, 0) is 0 Å². The lowest BCUT2D eigenvalue weighted by Gasteiger charge is -1.56. The van der Waals surface area contributed by atoms with Gasteiger partial charge in [-0.05, 0) is 5.53 Å². The highest BCUT2D eigenvalue weighted by Gasteiger charge is 1.52. The lowest BCUT2D eigenvalue weighted by atomic mass is 11.5. The summed E-state index contributed by atoms with van der Waals surface area (Å²) in [5, 5.41) is 3.07. The molecule has 0 aromatic carbocycles. The molecule has 4 heteroatoms. The molecule has 3 radical (unpaired) electrons. The zero-order valence-corrected chi connectivity index (χ0v) is 3.55. The van der Waals surface area contributed by atoms with Crippen LogP contribution >= 0.6 is 0 Å². The van der Waals surface area contributed by atoms with Crippen molar-refractivity contribution in [1.29, 1.82) is 0 Å².